The zero-order valence-corrected chi connectivity index (χ0v) is 14.5. The van der Waals surface area contributed by atoms with E-state index in [0.29, 0.717) is 5.95 Å². The molecule has 0 saturated carbocycles. The number of aromatic amines is 1. The monoisotopic (exact) mass is 336 g/mol. The van der Waals surface area contributed by atoms with Gasteiger partial charge in [0.25, 0.3) is 0 Å². The number of aromatic nitrogens is 5. The van der Waals surface area contributed by atoms with E-state index in [-0.39, 0.29) is 0 Å². The smallest absolute Gasteiger partial charge is 0.197 e. The summed E-state index contributed by atoms with van der Waals surface area (Å²) in [5.41, 5.74) is 10.2. The Labute approximate surface area is 147 Å². The molecule has 0 aliphatic rings. The first-order valence-corrected chi connectivity index (χ1v) is 8.59. The first kappa shape index (κ1) is 17.0. The molecule has 0 spiro atoms. The Hall–Kier alpha value is -2.89. The van der Waals surface area contributed by atoms with Gasteiger partial charge in [0, 0.05) is 11.9 Å². The van der Waals surface area contributed by atoms with Crippen molar-refractivity contribution in [1.82, 2.24) is 25.0 Å². The van der Waals surface area contributed by atoms with Gasteiger partial charge in [-0.05, 0) is 38.2 Å². The van der Waals surface area contributed by atoms with Crippen LogP contribution < -0.4 is 5.73 Å². The number of unbranched alkanes of at least 4 members (excludes halogenated alkanes) is 1. The van der Waals surface area contributed by atoms with Gasteiger partial charge in [-0.15, -0.1) is 5.10 Å². The highest BCUT2D eigenvalue weighted by atomic mass is 15.4. The van der Waals surface area contributed by atoms with E-state index in [1.165, 1.54) is 11.1 Å². The normalized spacial score (nSPS) is 11.8. The molecule has 2 aromatic heterocycles. The first-order chi connectivity index (χ1) is 12.2. The Morgan fingerprint density at radius 1 is 1.20 bits per heavy atom. The van der Waals surface area contributed by atoms with Crippen LogP contribution in [-0.4, -0.2) is 25.0 Å². The van der Waals surface area contributed by atoms with Crippen molar-refractivity contribution in [1.29, 1.82) is 0 Å². The number of hydrogen-bond acceptors (Lipinski definition) is 4. The number of nitrogens with zero attached hydrogens (tertiary/aromatic N) is 4. The molecule has 0 radical (unpaired) electrons. The van der Waals surface area contributed by atoms with E-state index < -0.39 is 0 Å². The van der Waals surface area contributed by atoms with Crippen molar-refractivity contribution in [3.63, 3.8) is 0 Å². The quantitative estimate of drug-likeness (QED) is 0.618. The number of hydrogen-bond donors (Lipinski definition) is 2. The molecule has 6 heteroatoms. The molecule has 0 atom stereocenters. The van der Waals surface area contributed by atoms with Crippen LogP contribution >= 0.6 is 0 Å². The highest BCUT2D eigenvalue weighted by Gasteiger charge is 2.03. The summed E-state index contributed by atoms with van der Waals surface area (Å²) in [6.45, 7) is 2.87. The Kier molecular flexibility index (Phi) is 5.61. The summed E-state index contributed by atoms with van der Waals surface area (Å²) in [7, 11) is 0. The van der Waals surface area contributed by atoms with Gasteiger partial charge in [0.1, 0.15) is 0 Å². The van der Waals surface area contributed by atoms with Gasteiger partial charge in [-0.2, -0.15) is 0 Å². The van der Waals surface area contributed by atoms with Crippen molar-refractivity contribution >= 4 is 12.0 Å². The Balaban J connectivity index is 1.45. The van der Waals surface area contributed by atoms with Gasteiger partial charge >= 0.3 is 0 Å². The van der Waals surface area contributed by atoms with Gasteiger partial charge in [0.2, 0.25) is 0 Å². The van der Waals surface area contributed by atoms with E-state index in [9.17, 15) is 0 Å². The van der Waals surface area contributed by atoms with Gasteiger partial charge in [-0.25, -0.2) is 9.67 Å². The van der Waals surface area contributed by atoms with Gasteiger partial charge < -0.3 is 10.7 Å². The lowest BCUT2D eigenvalue weighted by Crippen LogP contribution is -1.99. The number of benzene rings is 1. The topological polar surface area (TPSA) is 85.4 Å². The average Bonchev–Trinajstić information content (AvgIpc) is 3.21. The molecule has 3 rings (SSSR count). The van der Waals surface area contributed by atoms with Crippen LogP contribution in [0.4, 0.5) is 5.95 Å². The second-order valence-corrected chi connectivity index (χ2v) is 6.31. The van der Waals surface area contributed by atoms with E-state index in [4.69, 9.17) is 5.73 Å². The van der Waals surface area contributed by atoms with E-state index in [2.05, 4.69) is 45.4 Å². The molecule has 0 fully saturated rings. The Morgan fingerprint density at radius 2 is 2.00 bits per heavy atom. The molecule has 130 valence electrons. The summed E-state index contributed by atoms with van der Waals surface area (Å²) in [4.78, 5) is 7.05. The van der Waals surface area contributed by atoms with Crippen LogP contribution in [0.15, 0.2) is 48.3 Å². The highest BCUT2D eigenvalue weighted by Crippen LogP contribution is 2.10. The highest BCUT2D eigenvalue weighted by molar-refractivity contribution is 5.51. The summed E-state index contributed by atoms with van der Waals surface area (Å²) in [6, 6.07) is 10.3. The largest absolute Gasteiger partial charge is 0.369 e. The third-order valence-electron chi connectivity index (χ3n) is 3.99. The van der Waals surface area contributed by atoms with Crippen LogP contribution in [-0.2, 0) is 19.4 Å². The summed E-state index contributed by atoms with van der Waals surface area (Å²) in [6.07, 6.45) is 10.0. The van der Waals surface area contributed by atoms with Gasteiger partial charge in [-0.3, -0.25) is 0 Å². The van der Waals surface area contributed by atoms with Crippen LogP contribution in [0, 0.1) is 0 Å². The predicted octanol–water partition coefficient (Wildman–Crippen LogP) is 3.25. The van der Waals surface area contributed by atoms with E-state index in [0.717, 1.165) is 43.6 Å². The molecule has 2 heterocycles. The molecule has 25 heavy (non-hydrogen) atoms. The van der Waals surface area contributed by atoms with Crippen molar-refractivity contribution in [2.24, 2.45) is 0 Å². The van der Waals surface area contributed by atoms with Crippen LogP contribution in [0.2, 0.25) is 0 Å². The number of allylic oxidation sites excluding steroid dienone is 1. The van der Waals surface area contributed by atoms with Gasteiger partial charge in [0.15, 0.2) is 5.95 Å². The number of rotatable bonds is 8. The number of nitrogens with two attached hydrogens (primary N) is 1. The fourth-order valence-corrected chi connectivity index (χ4v) is 2.79. The minimum Gasteiger partial charge on any atom is -0.369 e. The summed E-state index contributed by atoms with van der Waals surface area (Å²) < 4.78 is 1.90. The Bertz CT molecular complexity index is 815. The van der Waals surface area contributed by atoms with E-state index >= 15 is 0 Å². The van der Waals surface area contributed by atoms with Crippen molar-refractivity contribution in [2.75, 3.05) is 5.73 Å². The second-order valence-electron chi connectivity index (χ2n) is 6.31. The van der Waals surface area contributed by atoms with Crippen molar-refractivity contribution in [3.8, 4) is 0 Å². The van der Waals surface area contributed by atoms with Crippen molar-refractivity contribution in [2.45, 2.75) is 39.2 Å². The lowest BCUT2D eigenvalue weighted by Gasteiger charge is -2.01. The predicted molar refractivity (Wildman–Crippen MR) is 99.8 cm³/mol. The maximum atomic E-state index is 5.57. The number of imidazole rings is 1. The molecule has 3 aromatic rings. The molecule has 0 amide bonds. The minimum atomic E-state index is 0.483. The average molecular weight is 336 g/mol. The zero-order chi connectivity index (χ0) is 17.5. The second kappa shape index (κ2) is 8.28. The molecule has 0 aliphatic heterocycles. The molecule has 0 aliphatic carbocycles. The number of aryl methyl sites for hydroxylation is 2. The molecule has 0 bridgehead atoms. The standard InChI is InChI=1S/C19H24N6/c1-15(11-16-7-3-2-4-8-16)13-25-14-18(23-24-25)10-6-5-9-17-12-21-19(20)22-17/h2-4,7-8,11-12,14H,5-6,9-10,13H2,1H3,(H3,20,21,22)/b15-11+. The van der Waals surface area contributed by atoms with Crippen molar-refractivity contribution in [3.05, 3.63) is 65.2 Å². The number of nitrogen functional groups attached to an aromatic ring is 1. The maximum Gasteiger partial charge on any atom is 0.197 e. The molecule has 3 N–H and O–H groups in total. The number of nitrogens with one attached hydrogen (secondary N) is 1. The van der Waals surface area contributed by atoms with E-state index in [1.54, 1.807) is 6.20 Å². The molecule has 0 unspecified atom stereocenters. The number of anilines is 1. The van der Waals surface area contributed by atoms with Crippen LogP contribution in [0.3, 0.4) is 0 Å². The third-order valence-corrected chi connectivity index (χ3v) is 3.99. The zero-order valence-electron chi connectivity index (χ0n) is 14.5. The van der Waals surface area contributed by atoms with Crippen LogP contribution in [0.1, 0.15) is 36.7 Å². The van der Waals surface area contributed by atoms with E-state index in [1.807, 2.05) is 29.1 Å². The molecular weight excluding hydrogens is 312 g/mol. The lowest BCUT2D eigenvalue weighted by molar-refractivity contribution is 0.643. The lowest BCUT2D eigenvalue weighted by atomic mass is 10.1. The molecular formula is C19H24N6. The SMILES string of the molecule is C/C(=C\c1ccccc1)Cn1cc(CCCCc2cnc(N)[nH]2)nn1. The summed E-state index contributed by atoms with van der Waals surface area (Å²) in [5, 5.41) is 8.50. The number of H-pyrrole nitrogens is 1. The fraction of sp³-hybridized carbons (Fsp3) is 0.316. The minimum absolute atomic E-state index is 0.483. The van der Waals surface area contributed by atoms with Crippen molar-refractivity contribution < 1.29 is 0 Å². The first-order valence-electron chi connectivity index (χ1n) is 8.59. The van der Waals surface area contributed by atoms with Crippen LogP contribution in [0.5, 0.6) is 0 Å². The molecule has 6 nitrogen and oxygen atoms in total. The van der Waals surface area contributed by atoms with Crippen LogP contribution in [0.25, 0.3) is 6.08 Å². The summed E-state index contributed by atoms with van der Waals surface area (Å²) >= 11 is 0. The fourth-order valence-electron chi connectivity index (χ4n) is 2.79. The molecule has 0 saturated heterocycles. The third kappa shape index (κ3) is 5.31. The maximum absolute atomic E-state index is 5.57. The Morgan fingerprint density at radius 3 is 2.76 bits per heavy atom. The van der Waals surface area contributed by atoms with Gasteiger partial charge in [0.05, 0.1) is 18.4 Å². The molecule has 1 aromatic carbocycles. The summed E-state index contributed by atoms with van der Waals surface area (Å²) in [5.74, 6) is 0.483. The van der Waals surface area contributed by atoms with Gasteiger partial charge in [-0.1, -0.05) is 47.2 Å².